The summed E-state index contributed by atoms with van der Waals surface area (Å²) in [6.45, 7) is 15.3. The lowest BCUT2D eigenvalue weighted by Crippen LogP contribution is -2.42. The minimum absolute atomic E-state index is 0.00949. The standard InChI is InChI=1S/C9H12NO6P.C6H12N2O2.C6H16N2O2.C5H9NO.2C5H8O2/c1-6-9(12)8(4-11)7(3-10-6)5-16-17(13,14)15-2;1-3-6(9)5(2)7-4-8-10;7-9-5-3-1-2-4-6-10-8;3*1-3-5(7)4(2)6/h3-4,12H,5H2,1-2H3,(H,13,14);8,10H,3-4H2,1-2H3;1-8H2;6H,3H2,1-2H3;2*3H2,1-2H3/p+1. The lowest BCUT2D eigenvalue weighted by molar-refractivity contribution is -0.389. The average Bonchev–Trinajstić information content (AvgIpc) is 3.21. The van der Waals surface area contributed by atoms with E-state index in [1.807, 2.05) is 5.48 Å². The fraction of sp³-hybridized carbons (Fsp3) is 0.611. The number of aromatic nitrogens is 1. The summed E-state index contributed by atoms with van der Waals surface area (Å²) in [5.41, 5.74) is 3.29. The summed E-state index contributed by atoms with van der Waals surface area (Å²) >= 11 is 0. The second-order valence-corrected chi connectivity index (χ2v) is 12.9. The van der Waals surface area contributed by atoms with Crippen LogP contribution in [0, 0.1) is 6.92 Å². The maximum absolute atomic E-state index is 10.9. The van der Waals surface area contributed by atoms with Crippen molar-refractivity contribution in [3.63, 3.8) is 0 Å². The van der Waals surface area contributed by atoms with Crippen LogP contribution >= 0.6 is 7.82 Å². The van der Waals surface area contributed by atoms with Crippen molar-refractivity contribution in [2.24, 2.45) is 16.8 Å². The number of unbranched alkanes of at least 4 members (excludes halogenated alkanes) is 3. The van der Waals surface area contributed by atoms with Crippen LogP contribution in [-0.4, -0.2) is 89.7 Å². The number of phosphoric ester groups is 1. The van der Waals surface area contributed by atoms with E-state index in [2.05, 4.69) is 28.7 Å². The van der Waals surface area contributed by atoms with Gasteiger partial charge in [0.2, 0.25) is 17.2 Å². The summed E-state index contributed by atoms with van der Waals surface area (Å²) < 4.78 is 19.5. The van der Waals surface area contributed by atoms with E-state index in [1.54, 1.807) is 48.5 Å². The fourth-order valence-electron chi connectivity index (χ4n) is 3.15. The van der Waals surface area contributed by atoms with Gasteiger partial charge in [0.1, 0.15) is 6.67 Å². The Morgan fingerprint density at radius 3 is 1.57 bits per heavy atom. The van der Waals surface area contributed by atoms with Crippen molar-refractivity contribution >= 4 is 60.2 Å². The van der Waals surface area contributed by atoms with Crippen LogP contribution in [0.2, 0.25) is 0 Å². The highest BCUT2D eigenvalue weighted by molar-refractivity contribution is 7.45. The van der Waals surface area contributed by atoms with Gasteiger partial charge < -0.3 is 33.9 Å². The number of aldehydes is 1. The molecule has 0 spiro atoms. The number of nitrogens with one attached hydrogen (secondary N) is 2. The zero-order valence-electron chi connectivity index (χ0n) is 35.5. The second kappa shape index (κ2) is 41.0. The number of Topliss-reactive ketones (excluding diaryl/α,β-unsaturated/α-hetero) is 6. The number of phosphoric acid groups is 1. The number of rotatable bonds is 22. The summed E-state index contributed by atoms with van der Waals surface area (Å²) in [5.74, 6) is 8.19. The van der Waals surface area contributed by atoms with Crippen LogP contribution in [0.5, 0.6) is 5.75 Å². The summed E-state index contributed by atoms with van der Waals surface area (Å²) in [5, 5.41) is 22.8. The van der Waals surface area contributed by atoms with E-state index in [9.17, 15) is 48.1 Å². The summed E-state index contributed by atoms with van der Waals surface area (Å²) in [6, 6.07) is 0. The van der Waals surface area contributed by atoms with Crippen LogP contribution in [0.1, 0.15) is 128 Å². The van der Waals surface area contributed by atoms with E-state index >= 15 is 0 Å². The van der Waals surface area contributed by atoms with E-state index in [0.29, 0.717) is 62.3 Å². The van der Waals surface area contributed by atoms with Crippen LogP contribution < -0.4 is 32.6 Å². The molecular weight excluding hydrogens is 787 g/mol. The second-order valence-electron chi connectivity index (χ2n) is 11.3. The molecule has 22 heteroatoms. The minimum atomic E-state index is -4.36. The van der Waals surface area contributed by atoms with Gasteiger partial charge in [-0.15, -0.1) is 0 Å². The predicted octanol–water partition coefficient (Wildman–Crippen LogP) is 0.943. The molecule has 1 atom stereocenters. The number of pyridine rings is 1. The zero-order chi connectivity index (χ0) is 46.3. The maximum atomic E-state index is 10.9. The Bertz CT molecular complexity index is 1400. The third-order valence-electron chi connectivity index (χ3n) is 6.71. The zero-order valence-corrected chi connectivity index (χ0v) is 36.4. The van der Waals surface area contributed by atoms with Crippen molar-refractivity contribution in [3.05, 3.63) is 23.0 Å². The van der Waals surface area contributed by atoms with E-state index in [4.69, 9.17) is 22.4 Å². The summed E-state index contributed by atoms with van der Waals surface area (Å²) in [7, 11) is -3.39. The van der Waals surface area contributed by atoms with Crippen LogP contribution in [0.15, 0.2) is 11.2 Å². The molecule has 0 aliphatic carbocycles. The minimum Gasteiger partial charge on any atom is -0.756 e. The molecule has 21 nitrogen and oxygen atoms in total. The molecule has 1 unspecified atom stereocenters. The number of hydroxylamine groups is 1. The van der Waals surface area contributed by atoms with Crippen LogP contribution in [0.25, 0.3) is 0 Å². The van der Waals surface area contributed by atoms with Gasteiger partial charge in [-0.25, -0.2) is 16.8 Å². The van der Waals surface area contributed by atoms with Crippen molar-refractivity contribution in [2.75, 3.05) is 27.0 Å². The topological polar surface area (TPSA) is 353 Å². The number of carbonyl (C=O) groups is 7. The Hall–Kier alpha value is -4.15. The summed E-state index contributed by atoms with van der Waals surface area (Å²) in [6.07, 6.45) is 7.73. The van der Waals surface area contributed by atoms with Gasteiger partial charge in [0.15, 0.2) is 47.1 Å². The number of carbonyl (C=O) groups excluding carboxylic acids is 7. The molecule has 0 radical (unpaired) electrons. The van der Waals surface area contributed by atoms with Gasteiger partial charge >= 0.3 is 0 Å². The SMILES string of the molecule is CCC(=O)C(C)=NCNO.CCC(=O)C(C)=O.CCC(=O)C(C)=O.CCC(=O)C(C)=[NH2+].COP(=O)([O-])OCc1c[nH+]c(C)c(O)c1C=O.NOCCCCCCON. The molecule has 1 rings (SSSR count). The third-order valence-corrected chi connectivity index (χ3v) is 7.61. The number of hydrogen-bond donors (Lipinski definition) is 6. The van der Waals surface area contributed by atoms with Crippen molar-refractivity contribution in [1.29, 1.82) is 0 Å². The monoisotopic (exact) mass is 853 g/mol. The van der Waals surface area contributed by atoms with Crippen LogP contribution in [0.4, 0.5) is 0 Å². The first kappa shape index (κ1) is 63.0. The Morgan fingerprint density at radius 2 is 1.29 bits per heavy atom. The highest BCUT2D eigenvalue weighted by Gasteiger charge is 2.17. The number of aromatic amines is 1. The van der Waals surface area contributed by atoms with Gasteiger partial charge in [-0.2, -0.15) is 5.48 Å². The molecule has 0 aromatic carbocycles. The maximum Gasteiger partial charge on any atom is 0.267 e. The molecule has 1 aromatic heterocycles. The molecule has 1 aromatic rings. The lowest BCUT2D eigenvalue weighted by Gasteiger charge is -2.20. The smallest absolute Gasteiger partial charge is 0.267 e. The Labute approximate surface area is 340 Å². The molecule has 0 bridgehead atoms. The summed E-state index contributed by atoms with van der Waals surface area (Å²) in [4.78, 5) is 98.4. The number of H-pyrrole nitrogens is 1. The number of aliphatic imine (C=N–C) groups is 1. The van der Waals surface area contributed by atoms with Gasteiger partial charge in [-0.1, -0.05) is 40.5 Å². The lowest BCUT2D eigenvalue weighted by atomic mass is 10.1. The Kier molecular flexibility index (Phi) is 44.6. The number of nitrogens with two attached hydrogens (primary N) is 3. The number of ketones is 6. The number of aromatic hydroxyl groups is 1. The molecule has 10 N–H and O–H groups in total. The van der Waals surface area contributed by atoms with E-state index in [-0.39, 0.29) is 58.2 Å². The number of aryl methyl sites for hydroxylation is 1. The van der Waals surface area contributed by atoms with Gasteiger partial charge in [-0.3, -0.25) is 48.5 Å². The van der Waals surface area contributed by atoms with Crippen molar-refractivity contribution in [2.45, 2.75) is 120 Å². The Balaban J connectivity index is -0.000000202. The van der Waals surface area contributed by atoms with Crippen molar-refractivity contribution in [3.8, 4) is 5.75 Å². The molecule has 0 saturated carbocycles. The molecule has 0 saturated heterocycles. The van der Waals surface area contributed by atoms with Gasteiger partial charge in [0.25, 0.3) is 7.82 Å². The molecule has 0 fully saturated rings. The number of hydrogen-bond acceptors (Lipinski definition) is 19. The quantitative estimate of drug-likeness (QED) is 0.0236. The van der Waals surface area contributed by atoms with E-state index in [0.717, 1.165) is 32.8 Å². The highest BCUT2D eigenvalue weighted by atomic mass is 31.2. The molecule has 1 heterocycles. The normalized spacial score (nSPS) is 11.0. The first-order chi connectivity index (χ1) is 27.1. The molecule has 0 aliphatic rings. The largest absolute Gasteiger partial charge is 0.756 e. The van der Waals surface area contributed by atoms with Crippen LogP contribution in [0.3, 0.4) is 0 Å². The highest BCUT2D eigenvalue weighted by Crippen LogP contribution is 2.38. The number of nitrogens with zero attached hydrogens (tertiary/aromatic N) is 1. The van der Waals surface area contributed by atoms with Crippen LogP contribution in [-0.2, 0) is 58.7 Å². The molecule has 0 aliphatic heterocycles. The van der Waals surface area contributed by atoms with Gasteiger partial charge in [0.05, 0.1) is 36.7 Å². The van der Waals surface area contributed by atoms with Crippen molar-refractivity contribution in [1.82, 2.24) is 5.48 Å². The molecule has 0 amide bonds. The van der Waals surface area contributed by atoms with E-state index in [1.165, 1.54) is 20.0 Å². The fourth-order valence-corrected chi connectivity index (χ4v) is 3.55. The van der Waals surface area contributed by atoms with Crippen molar-refractivity contribution < 1.29 is 82.4 Å². The first-order valence-corrected chi connectivity index (χ1v) is 19.5. The predicted molar refractivity (Wildman–Crippen MR) is 211 cm³/mol. The van der Waals surface area contributed by atoms with Gasteiger partial charge in [-0.05, 0) is 19.8 Å². The third kappa shape index (κ3) is 38.7. The molecular formula is C36H66N6O15P+. The Morgan fingerprint density at radius 1 is 0.862 bits per heavy atom. The first-order valence-electron chi connectivity index (χ1n) is 18.0. The average molecular weight is 854 g/mol. The molecule has 58 heavy (non-hydrogen) atoms. The van der Waals surface area contributed by atoms with Gasteiger partial charge in [0, 0.05) is 60.5 Å². The van der Waals surface area contributed by atoms with E-state index < -0.39 is 14.4 Å². The molecule has 334 valence electrons.